The number of hydrogen-bond acceptors (Lipinski definition) is 15. The number of sulfonamides is 2. The molecule has 5 atom stereocenters. The number of carbonyl (C=O) groups is 2. The summed E-state index contributed by atoms with van der Waals surface area (Å²) in [5, 5.41) is 28.7. The lowest BCUT2D eigenvalue weighted by molar-refractivity contribution is -0.141. The van der Waals surface area contributed by atoms with E-state index in [0.717, 1.165) is 46.5 Å². The standard InChI is InChI=1S/C49H60Cl4N6O12S2/c1-58-27-39(37-23-33(50)25-43(52)41(37)29-58)31-3-7-35(8-4-31)72(64,65)56-13-17-70-21-19-68-15-11-54-45-46(60)49(45,63)47(61)48(62)55-12-16-69-20-22-71-18-14-57-73(66,67)36-9-5-32(6-10-36)40-28-59(2)30-42-38(40)24-34(51)26-44(42)53/h3-10,23-26,39-40,45,47,54,56-57,61,63H,11-22,27-30H2,1-2H3,(H,55,62). The molecule has 4 aromatic carbocycles. The van der Waals surface area contributed by atoms with E-state index in [1.165, 1.54) is 0 Å². The fourth-order valence-electron chi connectivity index (χ4n) is 8.99. The molecule has 1 saturated carbocycles. The highest BCUT2D eigenvalue weighted by atomic mass is 35.5. The first-order valence-corrected chi connectivity index (χ1v) is 28.1. The third kappa shape index (κ3) is 14.6. The Bertz CT molecular complexity index is 2800. The molecule has 398 valence electrons. The van der Waals surface area contributed by atoms with E-state index in [1.54, 1.807) is 60.7 Å². The van der Waals surface area contributed by atoms with Crippen molar-refractivity contribution >= 4 is 78.1 Å². The number of likely N-dealkylation sites (N-methyl/N-ethyl adjacent to an activating group) is 2. The van der Waals surface area contributed by atoms with Crippen molar-refractivity contribution in [2.75, 3.05) is 106 Å². The Balaban J connectivity index is 0.691. The minimum Gasteiger partial charge on any atom is -0.380 e. The Morgan fingerprint density at radius 2 is 1.04 bits per heavy atom. The first-order chi connectivity index (χ1) is 34.8. The van der Waals surface area contributed by atoms with Crippen LogP contribution in [0.1, 0.15) is 45.2 Å². The van der Waals surface area contributed by atoms with Crippen LogP contribution in [0.25, 0.3) is 0 Å². The van der Waals surface area contributed by atoms with Crippen LogP contribution in [0.2, 0.25) is 20.1 Å². The molecule has 7 rings (SSSR count). The molecular formula is C49H60Cl4N6O12S2. The largest absolute Gasteiger partial charge is 0.380 e. The number of Topliss-reactive ketones (excluding diaryl/α,β-unsaturated/α-hetero) is 1. The zero-order valence-corrected chi connectivity index (χ0v) is 44.9. The van der Waals surface area contributed by atoms with E-state index in [0.29, 0.717) is 33.2 Å². The van der Waals surface area contributed by atoms with Crippen molar-refractivity contribution in [2.24, 2.45) is 0 Å². The van der Waals surface area contributed by atoms with Gasteiger partial charge in [0, 0.05) is 84.3 Å². The second-order valence-electron chi connectivity index (χ2n) is 18.1. The van der Waals surface area contributed by atoms with Gasteiger partial charge in [-0.15, -0.1) is 0 Å². The molecule has 73 heavy (non-hydrogen) atoms. The van der Waals surface area contributed by atoms with Crippen molar-refractivity contribution in [3.63, 3.8) is 0 Å². The fourth-order valence-corrected chi connectivity index (χ4v) is 12.2. The molecule has 3 aliphatic rings. The lowest BCUT2D eigenvalue weighted by atomic mass is 9.85. The third-order valence-corrected chi connectivity index (χ3v) is 16.9. The normalized spacial score (nSPS) is 20.7. The molecule has 0 radical (unpaired) electrons. The lowest BCUT2D eigenvalue weighted by Crippen LogP contribution is -2.48. The van der Waals surface area contributed by atoms with Crippen LogP contribution in [0.3, 0.4) is 0 Å². The quantitative estimate of drug-likeness (QED) is 0.0469. The number of ether oxygens (including phenoxy) is 4. The average molecular weight is 1130 g/mol. The zero-order chi connectivity index (χ0) is 52.5. The maximum Gasteiger partial charge on any atom is 0.252 e. The Morgan fingerprint density at radius 3 is 1.47 bits per heavy atom. The monoisotopic (exact) mass is 1130 g/mol. The third-order valence-electron chi connectivity index (χ3n) is 12.8. The predicted molar refractivity (Wildman–Crippen MR) is 277 cm³/mol. The van der Waals surface area contributed by atoms with Crippen molar-refractivity contribution in [3.05, 3.63) is 126 Å². The zero-order valence-electron chi connectivity index (χ0n) is 40.3. The van der Waals surface area contributed by atoms with Gasteiger partial charge in [0.2, 0.25) is 20.0 Å². The lowest BCUT2D eigenvalue weighted by Gasteiger charge is -2.33. The SMILES string of the molecule is CN1Cc2c(Cl)cc(Cl)cc2C(c2ccc(S(=O)(=O)NCCOCCOCCNC(=O)C(O)C3(O)C(=O)C3NCCOCCOCCNS(=O)(=O)c3ccc(C4CN(C)Cc5c(Cl)cc(Cl)cc54)cc3)cc2)C1. The van der Waals surface area contributed by atoms with Crippen molar-refractivity contribution < 1.29 is 55.6 Å². The Kier molecular flexibility index (Phi) is 20.2. The van der Waals surface area contributed by atoms with Crippen molar-refractivity contribution in [1.82, 2.24) is 29.9 Å². The van der Waals surface area contributed by atoms with Crippen LogP contribution in [-0.2, 0) is 61.7 Å². The summed E-state index contributed by atoms with van der Waals surface area (Å²) in [5.74, 6) is -1.75. The van der Waals surface area contributed by atoms with Crippen LogP contribution in [0.4, 0.5) is 0 Å². The Hall–Kier alpha value is -3.36. The smallest absolute Gasteiger partial charge is 0.252 e. The first-order valence-electron chi connectivity index (χ1n) is 23.6. The summed E-state index contributed by atoms with van der Waals surface area (Å²) in [5.41, 5.74) is 3.65. The van der Waals surface area contributed by atoms with E-state index in [2.05, 4.69) is 29.9 Å². The number of aliphatic hydroxyl groups is 2. The summed E-state index contributed by atoms with van der Waals surface area (Å²) in [6.07, 6.45) is -2.02. The van der Waals surface area contributed by atoms with Crippen LogP contribution < -0.4 is 20.1 Å². The summed E-state index contributed by atoms with van der Waals surface area (Å²) in [4.78, 5) is 29.5. The molecule has 18 nitrogen and oxygen atoms in total. The number of nitrogens with zero attached hydrogens (tertiary/aromatic N) is 2. The van der Waals surface area contributed by atoms with E-state index in [1.807, 2.05) is 26.2 Å². The van der Waals surface area contributed by atoms with Crippen molar-refractivity contribution in [3.8, 4) is 0 Å². The van der Waals surface area contributed by atoms with E-state index < -0.39 is 49.5 Å². The van der Waals surface area contributed by atoms with Gasteiger partial charge >= 0.3 is 0 Å². The number of fused-ring (bicyclic) bond motifs is 2. The molecular weight excluding hydrogens is 1070 g/mol. The number of hydrogen-bond donors (Lipinski definition) is 6. The van der Waals surface area contributed by atoms with Crippen LogP contribution in [-0.4, -0.2) is 173 Å². The number of rotatable bonds is 27. The molecule has 0 spiro atoms. The number of halogens is 4. The summed E-state index contributed by atoms with van der Waals surface area (Å²) in [7, 11) is -3.59. The van der Waals surface area contributed by atoms with Crippen LogP contribution in [0, 0.1) is 0 Å². The highest BCUT2D eigenvalue weighted by molar-refractivity contribution is 7.89. The molecule has 1 amide bonds. The molecule has 2 heterocycles. The number of ketones is 1. The van der Waals surface area contributed by atoms with Gasteiger partial charge in [-0.2, -0.15) is 0 Å². The van der Waals surface area contributed by atoms with Crippen LogP contribution in [0.15, 0.2) is 82.6 Å². The molecule has 5 unspecified atom stereocenters. The van der Waals surface area contributed by atoms with Crippen molar-refractivity contribution in [1.29, 1.82) is 0 Å². The molecule has 0 saturated heterocycles. The predicted octanol–water partition coefficient (Wildman–Crippen LogP) is 3.53. The number of carbonyl (C=O) groups excluding carboxylic acids is 2. The molecule has 2 aliphatic heterocycles. The molecule has 1 aliphatic carbocycles. The van der Waals surface area contributed by atoms with Gasteiger partial charge in [0.25, 0.3) is 5.91 Å². The maximum atomic E-state index is 13.0. The minimum absolute atomic E-state index is 0.0218. The van der Waals surface area contributed by atoms with Gasteiger partial charge in [-0.3, -0.25) is 9.59 Å². The van der Waals surface area contributed by atoms with E-state index in [4.69, 9.17) is 65.4 Å². The fraction of sp³-hybridized carbons (Fsp3) is 0.469. The number of nitrogens with one attached hydrogen (secondary N) is 4. The molecule has 6 N–H and O–H groups in total. The Labute approximate surface area is 446 Å². The molecule has 24 heteroatoms. The second-order valence-corrected chi connectivity index (χ2v) is 23.3. The molecule has 0 aromatic heterocycles. The Morgan fingerprint density at radius 1 is 0.644 bits per heavy atom. The van der Waals surface area contributed by atoms with Crippen LogP contribution >= 0.6 is 46.4 Å². The summed E-state index contributed by atoms with van der Waals surface area (Å²) < 4.78 is 78.7. The van der Waals surface area contributed by atoms with Gasteiger partial charge in [0.05, 0.1) is 62.6 Å². The first kappa shape index (κ1) is 57.3. The van der Waals surface area contributed by atoms with Gasteiger partial charge in [-0.25, -0.2) is 26.3 Å². The summed E-state index contributed by atoms with van der Waals surface area (Å²) >= 11 is 25.6. The number of aliphatic hydroxyl groups excluding tert-OH is 1. The molecule has 4 aromatic rings. The van der Waals surface area contributed by atoms with E-state index in [9.17, 15) is 36.6 Å². The van der Waals surface area contributed by atoms with E-state index in [-0.39, 0.29) is 101 Å². The van der Waals surface area contributed by atoms with Gasteiger partial charge in [0.1, 0.15) is 6.04 Å². The van der Waals surface area contributed by atoms with Crippen molar-refractivity contribution in [2.45, 2.75) is 52.5 Å². The number of benzene rings is 4. The maximum absolute atomic E-state index is 13.0. The minimum atomic E-state index is -3.80. The number of amides is 1. The summed E-state index contributed by atoms with van der Waals surface area (Å²) in [6.45, 7) is 3.90. The van der Waals surface area contributed by atoms with Gasteiger partial charge in [-0.05, 0) is 96.0 Å². The summed E-state index contributed by atoms with van der Waals surface area (Å²) in [6, 6.07) is 19.6. The van der Waals surface area contributed by atoms with Gasteiger partial charge in [0.15, 0.2) is 17.5 Å². The van der Waals surface area contributed by atoms with Gasteiger partial charge in [-0.1, -0.05) is 70.7 Å². The second kappa shape index (κ2) is 25.7. The van der Waals surface area contributed by atoms with Crippen LogP contribution in [0.5, 0.6) is 0 Å². The highest BCUT2D eigenvalue weighted by Gasteiger charge is 2.70. The topological polar surface area (TPSA) is 234 Å². The average Bonchev–Trinajstić information content (AvgIpc) is 3.89. The van der Waals surface area contributed by atoms with Gasteiger partial charge < -0.3 is 49.6 Å². The highest BCUT2D eigenvalue weighted by Crippen LogP contribution is 2.40. The molecule has 1 fully saturated rings. The molecule has 0 bridgehead atoms. The van der Waals surface area contributed by atoms with E-state index >= 15 is 0 Å².